The summed E-state index contributed by atoms with van der Waals surface area (Å²) in [5.41, 5.74) is 2.59. The summed E-state index contributed by atoms with van der Waals surface area (Å²) in [4.78, 5) is 17.5. The van der Waals surface area contributed by atoms with Crippen LogP contribution in [0.4, 0.5) is 0 Å². The van der Waals surface area contributed by atoms with Crippen LogP contribution in [-0.4, -0.2) is 35.3 Å². The van der Waals surface area contributed by atoms with Gasteiger partial charge in [0.25, 0.3) is 0 Å². The number of aromatic nitrogens is 2. The monoisotopic (exact) mass is 354 g/mol. The molecule has 1 saturated heterocycles. The minimum absolute atomic E-state index is 0.289. The average molecular weight is 354 g/mol. The van der Waals surface area contributed by atoms with Crippen LogP contribution in [0.1, 0.15) is 48.3 Å². The number of imidazole rings is 1. The van der Waals surface area contributed by atoms with Crippen molar-refractivity contribution in [3.63, 3.8) is 0 Å². The lowest BCUT2D eigenvalue weighted by atomic mass is 10.0. The van der Waals surface area contributed by atoms with Gasteiger partial charge in [-0.05, 0) is 32.1 Å². The van der Waals surface area contributed by atoms with Crippen molar-refractivity contribution in [2.45, 2.75) is 45.1 Å². The summed E-state index contributed by atoms with van der Waals surface area (Å²) < 4.78 is 13.3. The van der Waals surface area contributed by atoms with Crippen molar-refractivity contribution in [2.75, 3.05) is 19.8 Å². The molecule has 1 aromatic heterocycles. The second-order valence-electron chi connectivity index (χ2n) is 7.24. The maximum Gasteiger partial charge on any atom is 0.358 e. The van der Waals surface area contributed by atoms with Crippen LogP contribution in [-0.2, 0) is 22.4 Å². The molecule has 138 valence electrons. The third-order valence-electron chi connectivity index (χ3n) is 5.30. The lowest BCUT2D eigenvalue weighted by Gasteiger charge is -2.21. The maximum absolute atomic E-state index is 12.8. The third-order valence-corrected chi connectivity index (χ3v) is 5.30. The number of hydrogen-bond acceptors (Lipinski definition) is 4. The first-order valence-corrected chi connectivity index (χ1v) is 9.72. The van der Waals surface area contributed by atoms with E-state index in [1.165, 1.54) is 6.42 Å². The molecule has 0 bridgehead atoms. The van der Waals surface area contributed by atoms with Gasteiger partial charge < -0.3 is 14.0 Å². The molecule has 4 rings (SSSR count). The summed E-state index contributed by atoms with van der Waals surface area (Å²) in [6.45, 7) is 2.84. The lowest BCUT2D eigenvalue weighted by Crippen LogP contribution is -2.24. The Balaban J connectivity index is 1.58. The Morgan fingerprint density at radius 3 is 2.88 bits per heavy atom. The number of esters is 1. The van der Waals surface area contributed by atoms with Gasteiger partial charge in [0.15, 0.2) is 5.69 Å². The fraction of sp³-hybridized carbons (Fsp3) is 0.524. The summed E-state index contributed by atoms with van der Waals surface area (Å²) in [5, 5.41) is 0. The third kappa shape index (κ3) is 3.68. The summed E-state index contributed by atoms with van der Waals surface area (Å²) in [7, 11) is 0. The van der Waals surface area contributed by atoms with Crippen LogP contribution >= 0.6 is 0 Å². The fourth-order valence-corrected chi connectivity index (χ4v) is 3.89. The predicted molar refractivity (Wildman–Crippen MR) is 99.0 cm³/mol. The highest BCUT2D eigenvalue weighted by Crippen LogP contribution is 2.27. The van der Waals surface area contributed by atoms with Crippen molar-refractivity contribution in [2.24, 2.45) is 5.92 Å². The minimum Gasteiger partial charge on any atom is -0.461 e. The first-order chi connectivity index (χ1) is 12.8. The molecular formula is C21H26N2O3. The van der Waals surface area contributed by atoms with E-state index < -0.39 is 0 Å². The van der Waals surface area contributed by atoms with Crippen LogP contribution in [0.5, 0.6) is 0 Å². The van der Waals surface area contributed by atoms with Crippen molar-refractivity contribution >= 4 is 5.97 Å². The smallest absolute Gasteiger partial charge is 0.358 e. The van der Waals surface area contributed by atoms with Crippen LogP contribution in [0.2, 0.25) is 0 Å². The Morgan fingerprint density at radius 1 is 1.19 bits per heavy atom. The number of ether oxygens (including phenoxy) is 2. The SMILES string of the molecule is O=C(OC[C@H]1CCCOC1)c1nc(-c2ccccc2)n2c1CCCCC2. The molecule has 5 nitrogen and oxygen atoms in total. The molecular weight excluding hydrogens is 328 g/mol. The molecule has 1 atom stereocenters. The van der Waals surface area contributed by atoms with E-state index in [0.29, 0.717) is 24.8 Å². The largest absolute Gasteiger partial charge is 0.461 e. The predicted octanol–water partition coefficient (Wildman–Crippen LogP) is 3.86. The van der Waals surface area contributed by atoms with Gasteiger partial charge in [-0.25, -0.2) is 9.78 Å². The first-order valence-electron chi connectivity index (χ1n) is 9.72. The zero-order chi connectivity index (χ0) is 17.8. The highest BCUT2D eigenvalue weighted by Gasteiger charge is 2.26. The van der Waals surface area contributed by atoms with Crippen LogP contribution in [0.25, 0.3) is 11.4 Å². The van der Waals surface area contributed by atoms with Gasteiger partial charge in [0.05, 0.1) is 18.9 Å². The van der Waals surface area contributed by atoms with Gasteiger partial charge in [0.1, 0.15) is 5.82 Å². The van der Waals surface area contributed by atoms with E-state index in [1.807, 2.05) is 18.2 Å². The topological polar surface area (TPSA) is 53.4 Å². The summed E-state index contributed by atoms with van der Waals surface area (Å²) in [6.07, 6.45) is 6.39. The van der Waals surface area contributed by atoms with Crippen molar-refractivity contribution < 1.29 is 14.3 Å². The number of carbonyl (C=O) groups is 1. The van der Waals surface area contributed by atoms with E-state index >= 15 is 0 Å². The normalized spacial score (nSPS) is 20.2. The molecule has 1 fully saturated rings. The molecule has 0 spiro atoms. The van der Waals surface area contributed by atoms with Crippen molar-refractivity contribution in [1.82, 2.24) is 9.55 Å². The summed E-state index contributed by atoms with van der Waals surface area (Å²) in [6, 6.07) is 10.1. The van der Waals surface area contributed by atoms with E-state index in [2.05, 4.69) is 16.7 Å². The van der Waals surface area contributed by atoms with Crippen LogP contribution in [0.3, 0.4) is 0 Å². The Morgan fingerprint density at radius 2 is 2.08 bits per heavy atom. The van der Waals surface area contributed by atoms with E-state index in [9.17, 15) is 4.79 Å². The van der Waals surface area contributed by atoms with Crippen LogP contribution in [0, 0.1) is 5.92 Å². The van der Waals surface area contributed by atoms with Gasteiger partial charge in [-0.2, -0.15) is 0 Å². The van der Waals surface area contributed by atoms with Crippen LogP contribution in [0.15, 0.2) is 30.3 Å². The lowest BCUT2D eigenvalue weighted by molar-refractivity contribution is 0.00820. The van der Waals surface area contributed by atoms with Gasteiger partial charge in [-0.1, -0.05) is 36.8 Å². The zero-order valence-corrected chi connectivity index (χ0v) is 15.2. The number of rotatable bonds is 4. The molecule has 0 aliphatic carbocycles. The zero-order valence-electron chi connectivity index (χ0n) is 15.2. The minimum atomic E-state index is -0.289. The number of fused-ring (bicyclic) bond motifs is 1. The maximum atomic E-state index is 12.8. The highest BCUT2D eigenvalue weighted by molar-refractivity contribution is 5.89. The van der Waals surface area contributed by atoms with Gasteiger partial charge in [-0.15, -0.1) is 0 Å². The Hall–Kier alpha value is -2.14. The summed E-state index contributed by atoms with van der Waals surface area (Å²) in [5.74, 6) is 0.904. The molecule has 0 amide bonds. The van der Waals surface area contributed by atoms with E-state index in [-0.39, 0.29) is 5.97 Å². The molecule has 3 heterocycles. The molecule has 0 radical (unpaired) electrons. The van der Waals surface area contributed by atoms with E-state index in [1.54, 1.807) is 0 Å². The number of carbonyl (C=O) groups excluding carboxylic acids is 1. The molecule has 0 saturated carbocycles. The Kier molecular flexibility index (Phi) is 5.34. The molecule has 2 aliphatic heterocycles. The Bertz CT molecular complexity index is 748. The molecule has 2 aromatic rings. The molecule has 5 heteroatoms. The van der Waals surface area contributed by atoms with Gasteiger partial charge in [0.2, 0.25) is 0 Å². The number of nitrogens with zero attached hydrogens (tertiary/aromatic N) is 2. The molecule has 0 unspecified atom stereocenters. The standard InChI is InChI=1S/C21H26N2O3/c24-21(26-15-16-8-7-13-25-14-16)19-18-11-5-2-6-12-23(18)20(22-19)17-9-3-1-4-10-17/h1,3-4,9-10,16H,2,5-8,11-15H2/t16-/m0/s1. The fourth-order valence-electron chi connectivity index (χ4n) is 3.89. The molecule has 0 N–H and O–H groups in total. The van der Waals surface area contributed by atoms with Gasteiger partial charge in [0, 0.05) is 24.6 Å². The van der Waals surface area contributed by atoms with Gasteiger partial charge in [-0.3, -0.25) is 0 Å². The van der Waals surface area contributed by atoms with Gasteiger partial charge >= 0.3 is 5.97 Å². The molecule has 26 heavy (non-hydrogen) atoms. The van der Waals surface area contributed by atoms with Crippen molar-refractivity contribution in [3.8, 4) is 11.4 Å². The Labute approximate surface area is 154 Å². The second-order valence-corrected chi connectivity index (χ2v) is 7.24. The second kappa shape index (κ2) is 8.04. The quantitative estimate of drug-likeness (QED) is 0.783. The number of benzene rings is 1. The van der Waals surface area contributed by atoms with Crippen molar-refractivity contribution in [3.05, 3.63) is 41.7 Å². The van der Waals surface area contributed by atoms with Crippen molar-refractivity contribution in [1.29, 1.82) is 0 Å². The average Bonchev–Trinajstić information content (AvgIpc) is 2.89. The van der Waals surface area contributed by atoms with Crippen LogP contribution < -0.4 is 0 Å². The first kappa shape index (κ1) is 17.3. The van der Waals surface area contributed by atoms with E-state index in [0.717, 1.165) is 62.3 Å². The highest BCUT2D eigenvalue weighted by atomic mass is 16.5. The molecule has 1 aromatic carbocycles. The summed E-state index contributed by atoms with van der Waals surface area (Å²) >= 11 is 0. The van der Waals surface area contributed by atoms with E-state index in [4.69, 9.17) is 14.5 Å². The molecule has 2 aliphatic rings. The number of hydrogen-bond donors (Lipinski definition) is 0.